The summed E-state index contributed by atoms with van der Waals surface area (Å²) >= 11 is 0. The molecule has 0 aromatic carbocycles. The van der Waals surface area contributed by atoms with E-state index >= 15 is 0 Å². The highest BCUT2D eigenvalue weighted by atomic mass is 16.5. The van der Waals surface area contributed by atoms with Crippen LogP contribution < -0.4 is 11.1 Å². The number of nitrogens with one attached hydrogen (secondary N) is 1. The molecule has 0 aliphatic rings. The summed E-state index contributed by atoms with van der Waals surface area (Å²) in [6.45, 7) is 5.24. The Hall–Kier alpha value is -0.690. The summed E-state index contributed by atoms with van der Waals surface area (Å²) < 4.78 is 10.3. The van der Waals surface area contributed by atoms with Gasteiger partial charge in [-0.3, -0.25) is 4.79 Å². The number of amides is 1. The first-order chi connectivity index (χ1) is 8.66. The van der Waals surface area contributed by atoms with Crippen molar-refractivity contribution in [3.05, 3.63) is 0 Å². The lowest BCUT2D eigenvalue weighted by Crippen LogP contribution is -2.31. The molecule has 0 aliphatic carbocycles. The van der Waals surface area contributed by atoms with E-state index in [1.807, 2.05) is 6.92 Å². The van der Waals surface area contributed by atoms with Gasteiger partial charge in [0.25, 0.3) is 0 Å². The second-order valence-corrected chi connectivity index (χ2v) is 4.05. The van der Waals surface area contributed by atoms with Crippen LogP contribution in [0.15, 0.2) is 0 Å². The van der Waals surface area contributed by atoms with Crippen LogP contribution in [-0.4, -0.2) is 56.6 Å². The number of primary amides is 1. The van der Waals surface area contributed by atoms with Gasteiger partial charge in [-0.05, 0) is 26.3 Å². The van der Waals surface area contributed by atoms with Gasteiger partial charge in [0.15, 0.2) is 0 Å². The van der Waals surface area contributed by atoms with Gasteiger partial charge in [0.2, 0.25) is 5.91 Å². The fourth-order valence-electron chi connectivity index (χ4n) is 1.36. The first-order valence-corrected chi connectivity index (χ1v) is 6.49. The van der Waals surface area contributed by atoms with Crippen LogP contribution in [0, 0.1) is 0 Å². The third-order valence-corrected chi connectivity index (χ3v) is 2.29. The van der Waals surface area contributed by atoms with Crippen LogP contribution in [0.3, 0.4) is 0 Å². The minimum absolute atomic E-state index is 0.266. The molecule has 0 fully saturated rings. The van der Waals surface area contributed by atoms with Crippen LogP contribution in [0.4, 0.5) is 0 Å². The van der Waals surface area contributed by atoms with Crippen molar-refractivity contribution in [2.75, 3.05) is 39.5 Å². The SMILES string of the molecule is CCOCCOCC(O)CNCCCCC(N)=O. The third kappa shape index (κ3) is 13.4. The molecule has 0 saturated carbocycles. The molecule has 4 N–H and O–H groups in total. The van der Waals surface area contributed by atoms with Gasteiger partial charge in [-0.1, -0.05) is 0 Å². The molecule has 0 bridgehead atoms. The molecule has 1 unspecified atom stereocenters. The zero-order valence-electron chi connectivity index (χ0n) is 11.2. The zero-order valence-corrected chi connectivity index (χ0v) is 11.2. The monoisotopic (exact) mass is 262 g/mol. The van der Waals surface area contributed by atoms with Crippen molar-refractivity contribution >= 4 is 5.91 Å². The smallest absolute Gasteiger partial charge is 0.217 e. The highest BCUT2D eigenvalue weighted by Crippen LogP contribution is 1.92. The number of hydrogen-bond acceptors (Lipinski definition) is 5. The van der Waals surface area contributed by atoms with Crippen molar-refractivity contribution in [2.24, 2.45) is 5.73 Å². The number of carbonyl (C=O) groups excluding carboxylic acids is 1. The quantitative estimate of drug-likeness (QED) is 0.394. The average molecular weight is 262 g/mol. The predicted octanol–water partition coefficient (Wildman–Crippen LogP) is -0.354. The van der Waals surface area contributed by atoms with Crippen LogP contribution in [0.5, 0.6) is 0 Å². The first-order valence-electron chi connectivity index (χ1n) is 6.49. The first kappa shape index (κ1) is 17.3. The van der Waals surface area contributed by atoms with Gasteiger partial charge in [-0.25, -0.2) is 0 Å². The molecule has 1 atom stereocenters. The van der Waals surface area contributed by atoms with Crippen molar-refractivity contribution < 1.29 is 19.4 Å². The lowest BCUT2D eigenvalue weighted by atomic mass is 10.2. The minimum Gasteiger partial charge on any atom is -0.389 e. The van der Waals surface area contributed by atoms with E-state index in [4.69, 9.17) is 15.2 Å². The number of aliphatic hydroxyl groups is 1. The molecule has 0 heterocycles. The molecule has 0 aliphatic heterocycles. The summed E-state index contributed by atoms with van der Waals surface area (Å²) in [7, 11) is 0. The van der Waals surface area contributed by atoms with E-state index < -0.39 is 6.10 Å². The zero-order chi connectivity index (χ0) is 13.6. The van der Waals surface area contributed by atoms with Crippen molar-refractivity contribution in [1.29, 1.82) is 0 Å². The molecule has 6 heteroatoms. The molecule has 0 spiro atoms. The van der Waals surface area contributed by atoms with Gasteiger partial charge in [0, 0.05) is 19.6 Å². The maximum absolute atomic E-state index is 10.5. The van der Waals surface area contributed by atoms with Crippen molar-refractivity contribution in [3.63, 3.8) is 0 Å². The van der Waals surface area contributed by atoms with E-state index in [-0.39, 0.29) is 5.91 Å². The number of aliphatic hydroxyl groups excluding tert-OH is 1. The Morgan fingerprint density at radius 1 is 1.33 bits per heavy atom. The normalized spacial score (nSPS) is 12.6. The Labute approximate surface area is 109 Å². The van der Waals surface area contributed by atoms with Crippen LogP contribution in [0.1, 0.15) is 26.2 Å². The second kappa shape index (κ2) is 12.8. The number of rotatable bonds is 13. The summed E-state index contributed by atoms with van der Waals surface area (Å²) in [6, 6.07) is 0. The Morgan fingerprint density at radius 3 is 2.72 bits per heavy atom. The van der Waals surface area contributed by atoms with E-state index in [1.54, 1.807) is 0 Å². The van der Waals surface area contributed by atoms with Crippen molar-refractivity contribution in [1.82, 2.24) is 5.32 Å². The van der Waals surface area contributed by atoms with E-state index in [9.17, 15) is 9.90 Å². The standard InChI is InChI=1S/C12H26N2O4/c1-2-17-7-8-18-10-11(15)9-14-6-4-3-5-12(13)16/h11,14-15H,2-10H2,1H3,(H2,13,16). The summed E-state index contributed by atoms with van der Waals surface area (Å²) in [6.07, 6.45) is 1.57. The number of ether oxygens (including phenoxy) is 2. The molecule has 6 nitrogen and oxygen atoms in total. The van der Waals surface area contributed by atoms with Crippen LogP contribution in [-0.2, 0) is 14.3 Å². The fourth-order valence-corrected chi connectivity index (χ4v) is 1.36. The van der Waals surface area contributed by atoms with E-state index in [0.717, 1.165) is 19.4 Å². The maximum Gasteiger partial charge on any atom is 0.217 e. The van der Waals surface area contributed by atoms with Crippen LogP contribution in [0.2, 0.25) is 0 Å². The summed E-state index contributed by atoms with van der Waals surface area (Å²) in [5, 5.41) is 12.6. The van der Waals surface area contributed by atoms with E-state index in [0.29, 0.717) is 39.4 Å². The highest BCUT2D eigenvalue weighted by Gasteiger charge is 2.03. The Balaban J connectivity index is 3.16. The molecule has 0 aromatic rings. The number of unbranched alkanes of at least 4 members (excludes halogenated alkanes) is 1. The molecule has 1 amide bonds. The second-order valence-electron chi connectivity index (χ2n) is 4.05. The number of carbonyl (C=O) groups is 1. The molecule has 18 heavy (non-hydrogen) atoms. The van der Waals surface area contributed by atoms with Gasteiger partial charge < -0.3 is 25.6 Å². The maximum atomic E-state index is 10.5. The molecule has 0 aromatic heterocycles. The average Bonchev–Trinajstić information content (AvgIpc) is 2.33. The summed E-state index contributed by atoms with van der Waals surface area (Å²) in [4.78, 5) is 10.5. The highest BCUT2D eigenvalue weighted by molar-refractivity contribution is 5.73. The van der Waals surface area contributed by atoms with E-state index in [1.165, 1.54) is 0 Å². The van der Waals surface area contributed by atoms with Gasteiger partial charge in [0.05, 0.1) is 25.9 Å². The largest absolute Gasteiger partial charge is 0.389 e. The molecular weight excluding hydrogens is 236 g/mol. The van der Waals surface area contributed by atoms with Crippen molar-refractivity contribution in [2.45, 2.75) is 32.3 Å². The Morgan fingerprint density at radius 2 is 2.06 bits per heavy atom. The van der Waals surface area contributed by atoms with Crippen molar-refractivity contribution in [3.8, 4) is 0 Å². The predicted molar refractivity (Wildman–Crippen MR) is 69.2 cm³/mol. The molecule has 0 radical (unpaired) electrons. The molecular formula is C12H26N2O4. The van der Waals surface area contributed by atoms with Gasteiger partial charge in [-0.2, -0.15) is 0 Å². The topological polar surface area (TPSA) is 93.8 Å². The number of nitrogens with two attached hydrogens (primary N) is 1. The fraction of sp³-hybridized carbons (Fsp3) is 0.917. The minimum atomic E-state index is -0.511. The van der Waals surface area contributed by atoms with Crippen LogP contribution >= 0.6 is 0 Å². The lowest BCUT2D eigenvalue weighted by Gasteiger charge is -2.12. The van der Waals surface area contributed by atoms with Gasteiger partial charge in [0.1, 0.15) is 0 Å². The molecule has 0 rings (SSSR count). The van der Waals surface area contributed by atoms with Gasteiger partial charge >= 0.3 is 0 Å². The molecule has 108 valence electrons. The van der Waals surface area contributed by atoms with E-state index in [2.05, 4.69) is 5.32 Å². The Bertz CT molecular complexity index is 203. The molecule has 0 saturated heterocycles. The third-order valence-electron chi connectivity index (χ3n) is 2.29. The van der Waals surface area contributed by atoms with Crippen LogP contribution in [0.25, 0.3) is 0 Å². The summed E-state index contributed by atoms with van der Waals surface area (Å²) in [5.74, 6) is -0.266. The lowest BCUT2D eigenvalue weighted by molar-refractivity contribution is -0.118. The summed E-state index contributed by atoms with van der Waals surface area (Å²) in [5.41, 5.74) is 5.02. The number of hydrogen-bond donors (Lipinski definition) is 3. The Kier molecular flexibility index (Phi) is 12.3. The van der Waals surface area contributed by atoms with Gasteiger partial charge in [-0.15, -0.1) is 0 Å².